The quantitative estimate of drug-likeness (QED) is 0.631. The number of likely N-dealkylation sites (N-methyl/N-ethyl adjacent to an activating group) is 1. The standard InChI is InChI=1S/C9H17NO4/c1-6(7(11)12)10(5)8(13)14-9(2,3)4/h6H,1-5H3,(H,11,12)/p-1/t6-/m1/s1. The van der Waals surface area contributed by atoms with Crippen molar-refractivity contribution >= 4 is 12.1 Å². The van der Waals surface area contributed by atoms with E-state index in [1.54, 1.807) is 20.8 Å². The van der Waals surface area contributed by atoms with Gasteiger partial charge in [0.15, 0.2) is 0 Å². The number of amides is 1. The zero-order valence-corrected chi connectivity index (χ0v) is 9.16. The van der Waals surface area contributed by atoms with Crippen molar-refractivity contribution in [3.8, 4) is 0 Å². The Hall–Kier alpha value is -1.26. The normalized spacial score (nSPS) is 13.2. The van der Waals surface area contributed by atoms with E-state index in [1.165, 1.54) is 14.0 Å². The Morgan fingerprint density at radius 2 is 1.79 bits per heavy atom. The van der Waals surface area contributed by atoms with Crippen LogP contribution in [0.3, 0.4) is 0 Å². The third kappa shape index (κ3) is 4.11. The van der Waals surface area contributed by atoms with Crippen molar-refractivity contribution < 1.29 is 19.4 Å². The first-order valence-electron chi connectivity index (χ1n) is 4.32. The molecule has 0 aromatic heterocycles. The third-order valence-corrected chi connectivity index (χ3v) is 1.60. The van der Waals surface area contributed by atoms with Crippen LogP contribution in [-0.4, -0.2) is 35.7 Å². The molecule has 1 amide bonds. The van der Waals surface area contributed by atoms with Crippen LogP contribution in [0, 0.1) is 0 Å². The molecule has 0 saturated heterocycles. The summed E-state index contributed by atoms with van der Waals surface area (Å²) in [6.45, 7) is 6.49. The van der Waals surface area contributed by atoms with Crippen molar-refractivity contribution in [2.24, 2.45) is 0 Å². The predicted octanol–water partition coefficient (Wildman–Crippen LogP) is -0.00830. The van der Waals surface area contributed by atoms with Crippen LogP contribution in [0.4, 0.5) is 4.79 Å². The molecule has 0 spiro atoms. The maximum atomic E-state index is 11.3. The lowest BCUT2D eigenvalue weighted by atomic mass is 10.2. The number of rotatable bonds is 2. The van der Waals surface area contributed by atoms with Gasteiger partial charge in [0.25, 0.3) is 0 Å². The number of carboxylic acid groups (broad SMARTS) is 1. The fourth-order valence-corrected chi connectivity index (χ4v) is 0.650. The van der Waals surface area contributed by atoms with Gasteiger partial charge in [-0.05, 0) is 27.7 Å². The van der Waals surface area contributed by atoms with Gasteiger partial charge in [-0.1, -0.05) is 0 Å². The number of hydrogen-bond acceptors (Lipinski definition) is 4. The van der Waals surface area contributed by atoms with Crippen molar-refractivity contribution in [3.05, 3.63) is 0 Å². The van der Waals surface area contributed by atoms with E-state index in [1.807, 2.05) is 0 Å². The molecule has 5 heteroatoms. The Kier molecular flexibility index (Phi) is 3.92. The second-order valence-electron chi connectivity index (χ2n) is 4.09. The van der Waals surface area contributed by atoms with E-state index < -0.39 is 23.7 Å². The molecule has 0 rings (SSSR count). The minimum Gasteiger partial charge on any atom is -0.548 e. The number of carbonyl (C=O) groups excluding carboxylic acids is 2. The molecule has 0 radical (unpaired) electrons. The summed E-state index contributed by atoms with van der Waals surface area (Å²) < 4.78 is 4.97. The largest absolute Gasteiger partial charge is 0.548 e. The fraction of sp³-hybridized carbons (Fsp3) is 0.778. The average molecular weight is 202 g/mol. The number of carboxylic acids is 1. The molecule has 0 N–H and O–H groups in total. The Morgan fingerprint density at radius 3 is 2.07 bits per heavy atom. The summed E-state index contributed by atoms with van der Waals surface area (Å²) in [7, 11) is 1.36. The van der Waals surface area contributed by atoms with E-state index >= 15 is 0 Å². The molecular weight excluding hydrogens is 186 g/mol. The van der Waals surface area contributed by atoms with Crippen molar-refractivity contribution in [2.45, 2.75) is 39.3 Å². The molecule has 0 unspecified atom stereocenters. The van der Waals surface area contributed by atoms with Gasteiger partial charge in [0.05, 0.1) is 12.0 Å². The summed E-state index contributed by atoms with van der Waals surface area (Å²) in [5.74, 6) is -1.31. The van der Waals surface area contributed by atoms with Crippen LogP contribution in [0.25, 0.3) is 0 Å². The van der Waals surface area contributed by atoms with E-state index in [2.05, 4.69) is 0 Å². The highest BCUT2D eigenvalue weighted by molar-refractivity contribution is 5.78. The smallest absolute Gasteiger partial charge is 0.410 e. The lowest BCUT2D eigenvalue weighted by molar-refractivity contribution is -0.310. The van der Waals surface area contributed by atoms with E-state index in [-0.39, 0.29) is 0 Å². The van der Waals surface area contributed by atoms with E-state index in [0.29, 0.717) is 0 Å². The molecule has 14 heavy (non-hydrogen) atoms. The minimum atomic E-state index is -1.31. The van der Waals surface area contributed by atoms with Crippen molar-refractivity contribution in [1.82, 2.24) is 4.90 Å². The van der Waals surface area contributed by atoms with E-state index in [9.17, 15) is 14.7 Å². The summed E-state index contributed by atoms with van der Waals surface area (Å²) in [6, 6.07) is -0.996. The molecule has 1 atom stereocenters. The molecule has 0 aliphatic heterocycles. The van der Waals surface area contributed by atoms with Crippen LogP contribution in [0.15, 0.2) is 0 Å². The highest BCUT2D eigenvalue weighted by Gasteiger charge is 2.23. The Bertz CT molecular complexity index is 231. The molecule has 0 heterocycles. The number of hydrogen-bond donors (Lipinski definition) is 0. The number of aliphatic carboxylic acids is 1. The molecular formula is C9H16NO4-. The predicted molar refractivity (Wildman–Crippen MR) is 48.5 cm³/mol. The van der Waals surface area contributed by atoms with E-state index in [4.69, 9.17) is 4.74 Å². The second kappa shape index (κ2) is 4.30. The van der Waals surface area contributed by atoms with Gasteiger partial charge in [-0.25, -0.2) is 4.79 Å². The van der Waals surface area contributed by atoms with Crippen LogP contribution >= 0.6 is 0 Å². The molecule has 0 aromatic carbocycles. The maximum Gasteiger partial charge on any atom is 0.410 e. The lowest BCUT2D eigenvalue weighted by Crippen LogP contribution is -2.48. The van der Waals surface area contributed by atoms with Crippen LogP contribution in [-0.2, 0) is 9.53 Å². The van der Waals surface area contributed by atoms with Crippen molar-refractivity contribution in [2.75, 3.05) is 7.05 Å². The number of ether oxygens (including phenoxy) is 1. The number of carbonyl (C=O) groups is 2. The highest BCUT2D eigenvalue weighted by atomic mass is 16.6. The summed E-state index contributed by atoms with van der Waals surface area (Å²) in [5.41, 5.74) is -0.628. The molecule has 5 nitrogen and oxygen atoms in total. The molecule has 0 aromatic rings. The van der Waals surface area contributed by atoms with Gasteiger partial charge in [-0.2, -0.15) is 0 Å². The lowest BCUT2D eigenvalue weighted by Gasteiger charge is -2.28. The summed E-state index contributed by atoms with van der Waals surface area (Å²) >= 11 is 0. The van der Waals surface area contributed by atoms with Crippen LogP contribution in [0.1, 0.15) is 27.7 Å². The number of nitrogens with zero attached hydrogens (tertiary/aromatic N) is 1. The molecule has 0 aliphatic carbocycles. The van der Waals surface area contributed by atoms with Gasteiger partial charge in [0, 0.05) is 7.05 Å². The van der Waals surface area contributed by atoms with Crippen molar-refractivity contribution in [1.29, 1.82) is 0 Å². The zero-order valence-electron chi connectivity index (χ0n) is 9.16. The molecule has 0 fully saturated rings. The Labute approximate surface area is 83.6 Å². The second-order valence-corrected chi connectivity index (χ2v) is 4.09. The van der Waals surface area contributed by atoms with Gasteiger partial charge in [-0.3, -0.25) is 0 Å². The van der Waals surface area contributed by atoms with E-state index in [0.717, 1.165) is 4.90 Å². The first-order valence-corrected chi connectivity index (χ1v) is 4.32. The average Bonchev–Trinajstić information content (AvgIpc) is 1.98. The van der Waals surface area contributed by atoms with Crippen LogP contribution in [0.2, 0.25) is 0 Å². The fourth-order valence-electron chi connectivity index (χ4n) is 0.650. The molecule has 0 aliphatic rings. The monoisotopic (exact) mass is 202 g/mol. The zero-order chi connectivity index (χ0) is 11.5. The van der Waals surface area contributed by atoms with Crippen molar-refractivity contribution in [3.63, 3.8) is 0 Å². The van der Waals surface area contributed by atoms with Gasteiger partial charge in [0.1, 0.15) is 5.60 Å². The van der Waals surface area contributed by atoms with Crippen LogP contribution < -0.4 is 5.11 Å². The van der Waals surface area contributed by atoms with Gasteiger partial charge in [0.2, 0.25) is 0 Å². The highest BCUT2D eigenvalue weighted by Crippen LogP contribution is 2.10. The Morgan fingerprint density at radius 1 is 1.36 bits per heavy atom. The van der Waals surface area contributed by atoms with Gasteiger partial charge >= 0.3 is 6.09 Å². The van der Waals surface area contributed by atoms with Crippen LogP contribution in [0.5, 0.6) is 0 Å². The minimum absolute atomic E-state index is 0.628. The molecule has 82 valence electrons. The van der Waals surface area contributed by atoms with Gasteiger partial charge < -0.3 is 19.5 Å². The topological polar surface area (TPSA) is 69.7 Å². The van der Waals surface area contributed by atoms with Gasteiger partial charge in [-0.15, -0.1) is 0 Å². The summed E-state index contributed by atoms with van der Waals surface area (Å²) in [5, 5.41) is 10.5. The first-order chi connectivity index (χ1) is 6.15. The summed E-state index contributed by atoms with van der Waals surface area (Å²) in [6.07, 6.45) is -0.672. The summed E-state index contributed by atoms with van der Waals surface area (Å²) in [4.78, 5) is 22.8. The molecule has 0 bridgehead atoms. The third-order valence-electron chi connectivity index (χ3n) is 1.60. The first kappa shape index (κ1) is 12.7. The SMILES string of the molecule is C[C@H](C(=O)[O-])N(C)C(=O)OC(C)(C)C. The Balaban J connectivity index is 4.33. The molecule has 0 saturated carbocycles. The maximum absolute atomic E-state index is 11.3.